The van der Waals surface area contributed by atoms with Crippen molar-refractivity contribution < 1.29 is 9.59 Å². The van der Waals surface area contributed by atoms with Gasteiger partial charge in [-0.25, -0.2) is 4.79 Å². The Bertz CT molecular complexity index is 1400. The van der Waals surface area contributed by atoms with Gasteiger partial charge in [-0.05, 0) is 97.5 Å². The second-order valence-corrected chi connectivity index (χ2v) is 12.0. The van der Waals surface area contributed by atoms with Crippen molar-refractivity contribution in [3.63, 3.8) is 0 Å². The molecule has 40 heavy (non-hydrogen) atoms. The highest BCUT2D eigenvalue weighted by Gasteiger charge is 2.39. The van der Waals surface area contributed by atoms with Crippen molar-refractivity contribution in [2.75, 3.05) is 36.4 Å². The Morgan fingerprint density at radius 1 is 0.875 bits per heavy atom. The van der Waals surface area contributed by atoms with Gasteiger partial charge in [0.2, 0.25) is 0 Å². The summed E-state index contributed by atoms with van der Waals surface area (Å²) in [5, 5.41) is 6.70. The van der Waals surface area contributed by atoms with Gasteiger partial charge < -0.3 is 20.4 Å². The van der Waals surface area contributed by atoms with Crippen LogP contribution in [0, 0.1) is 5.41 Å². The molecular weight excluding hydrogens is 545 g/mol. The van der Waals surface area contributed by atoms with Crippen LogP contribution in [0.25, 0.3) is 0 Å². The fraction of sp³-hybridized carbons (Fsp3) is 0.387. The number of likely N-dealkylation sites (tertiary alicyclic amines) is 1. The summed E-state index contributed by atoms with van der Waals surface area (Å²) < 4.78 is 0. The Morgan fingerprint density at radius 2 is 1.60 bits per heavy atom. The summed E-state index contributed by atoms with van der Waals surface area (Å²) >= 11 is 12.1. The second kappa shape index (κ2) is 11.3. The number of piperidine rings is 2. The molecule has 1 spiro atoms. The first kappa shape index (κ1) is 26.9. The minimum Gasteiger partial charge on any atom is -0.371 e. The minimum absolute atomic E-state index is 0.0813. The fourth-order valence-corrected chi connectivity index (χ4v) is 6.74. The normalized spacial score (nSPS) is 19.8. The number of hydrogen-bond donors (Lipinski definition) is 2. The predicted molar refractivity (Wildman–Crippen MR) is 159 cm³/mol. The molecule has 1 aliphatic carbocycles. The van der Waals surface area contributed by atoms with E-state index in [0.29, 0.717) is 26.7 Å². The molecule has 3 heterocycles. The van der Waals surface area contributed by atoms with Crippen molar-refractivity contribution in [3.8, 4) is 0 Å². The number of anilines is 2. The monoisotopic (exact) mass is 577 g/mol. The molecule has 1 aromatic heterocycles. The molecule has 3 amide bonds. The lowest BCUT2D eigenvalue weighted by Crippen LogP contribution is -2.48. The number of halogens is 2. The number of carbonyl (C=O) groups excluding carboxylic acids is 2. The summed E-state index contributed by atoms with van der Waals surface area (Å²) in [6.45, 7) is 3.68. The maximum Gasteiger partial charge on any atom is 0.319 e. The maximum atomic E-state index is 13.5. The standard InChI is InChI=1S/C31H33Cl2N5O2/c32-26-5-4-23(20-27(26)33)35-30(40)36-28-6-3-21-1-2-22(19-25(21)28)29(39)38-17-11-31(12-18-38)9-15-37(16-10-31)24-7-13-34-14-8-24/h1-2,4-5,7-8,13-14,19-20,28H,3,6,9-12,15-18H2,(H2,35,36,40). The van der Waals surface area contributed by atoms with Gasteiger partial charge in [0.15, 0.2) is 0 Å². The highest BCUT2D eigenvalue weighted by molar-refractivity contribution is 6.42. The highest BCUT2D eigenvalue weighted by atomic mass is 35.5. The van der Waals surface area contributed by atoms with Crippen LogP contribution < -0.4 is 15.5 Å². The first-order valence-corrected chi connectivity index (χ1v) is 14.7. The molecule has 9 heteroatoms. The van der Waals surface area contributed by atoms with Crippen LogP contribution in [0.1, 0.15) is 59.6 Å². The fourth-order valence-electron chi connectivity index (χ4n) is 6.45. The molecule has 2 saturated heterocycles. The summed E-state index contributed by atoms with van der Waals surface area (Å²) in [7, 11) is 0. The van der Waals surface area contributed by atoms with Crippen molar-refractivity contribution in [1.29, 1.82) is 0 Å². The zero-order valence-corrected chi connectivity index (χ0v) is 23.8. The average molecular weight is 579 g/mol. The summed E-state index contributed by atoms with van der Waals surface area (Å²) in [5.41, 5.74) is 5.03. The predicted octanol–water partition coefficient (Wildman–Crippen LogP) is 6.72. The molecule has 2 aliphatic heterocycles. The first-order chi connectivity index (χ1) is 19.4. The van der Waals surface area contributed by atoms with Crippen LogP contribution in [-0.2, 0) is 6.42 Å². The molecule has 2 fully saturated rings. The number of rotatable bonds is 4. The van der Waals surface area contributed by atoms with Gasteiger partial charge >= 0.3 is 6.03 Å². The number of aryl methyl sites for hydroxylation is 1. The van der Waals surface area contributed by atoms with Crippen molar-refractivity contribution in [2.24, 2.45) is 5.41 Å². The van der Waals surface area contributed by atoms with E-state index in [0.717, 1.165) is 70.3 Å². The van der Waals surface area contributed by atoms with Crippen LogP contribution in [0.15, 0.2) is 60.9 Å². The zero-order chi connectivity index (χ0) is 27.7. The lowest BCUT2D eigenvalue weighted by atomic mass is 9.71. The smallest absolute Gasteiger partial charge is 0.319 e. The lowest BCUT2D eigenvalue weighted by Gasteiger charge is -2.47. The second-order valence-electron chi connectivity index (χ2n) is 11.2. The van der Waals surface area contributed by atoms with Crippen LogP contribution in [-0.4, -0.2) is 48.0 Å². The molecule has 7 nitrogen and oxygen atoms in total. The average Bonchev–Trinajstić information content (AvgIpc) is 3.37. The van der Waals surface area contributed by atoms with Gasteiger partial charge in [0.25, 0.3) is 5.91 Å². The topological polar surface area (TPSA) is 77.6 Å². The van der Waals surface area contributed by atoms with E-state index in [1.807, 2.05) is 35.5 Å². The molecule has 2 N–H and O–H groups in total. The number of aromatic nitrogens is 1. The molecular formula is C31H33Cl2N5O2. The van der Waals surface area contributed by atoms with Gasteiger partial charge in [-0.15, -0.1) is 0 Å². The van der Waals surface area contributed by atoms with Gasteiger partial charge in [0.1, 0.15) is 0 Å². The van der Waals surface area contributed by atoms with Gasteiger partial charge in [0.05, 0.1) is 16.1 Å². The lowest BCUT2D eigenvalue weighted by molar-refractivity contribution is 0.0515. The molecule has 1 unspecified atom stereocenters. The number of carbonyl (C=O) groups is 2. The molecule has 6 rings (SSSR count). The number of nitrogens with zero attached hydrogens (tertiary/aromatic N) is 3. The summed E-state index contributed by atoms with van der Waals surface area (Å²) in [6, 6.07) is 14.6. The van der Waals surface area contributed by atoms with Gasteiger partial charge in [-0.3, -0.25) is 9.78 Å². The number of pyridine rings is 1. The third-order valence-corrected chi connectivity index (χ3v) is 9.66. The molecule has 208 valence electrons. The van der Waals surface area contributed by atoms with Crippen LogP contribution >= 0.6 is 23.2 Å². The Hall–Kier alpha value is -3.29. The third kappa shape index (κ3) is 5.63. The summed E-state index contributed by atoms with van der Waals surface area (Å²) in [6.07, 6.45) is 9.79. The zero-order valence-electron chi connectivity index (χ0n) is 22.3. The Morgan fingerprint density at radius 3 is 2.33 bits per heavy atom. The van der Waals surface area contributed by atoms with Gasteiger partial charge in [0, 0.05) is 55.5 Å². The van der Waals surface area contributed by atoms with E-state index in [2.05, 4.69) is 32.7 Å². The first-order valence-electron chi connectivity index (χ1n) is 14.0. The number of nitrogens with one attached hydrogen (secondary N) is 2. The number of benzene rings is 2. The molecule has 0 saturated carbocycles. The van der Waals surface area contributed by atoms with Crippen LogP contribution in [0.5, 0.6) is 0 Å². The van der Waals surface area contributed by atoms with Crippen molar-refractivity contribution in [3.05, 3.63) is 87.7 Å². The Labute approximate surface area is 244 Å². The summed E-state index contributed by atoms with van der Waals surface area (Å²) in [4.78, 5) is 34.8. The SMILES string of the molecule is O=C(Nc1ccc(Cl)c(Cl)c1)NC1CCc2ccc(C(=O)N3CCC4(CC3)CCN(c3ccncc3)CC4)cc21. The highest BCUT2D eigenvalue weighted by Crippen LogP contribution is 2.42. The number of urea groups is 1. The number of hydrogen-bond acceptors (Lipinski definition) is 4. The molecule has 3 aromatic rings. The quantitative estimate of drug-likeness (QED) is 0.361. The van der Waals surface area contributed by atoms with E-state index in [1.165, 1.54) is 11.3 Å². The minimum atomic E-state index is -0.315. The van der Waals surface area contributed by atoms with E-state index in [4.69, 9.17) is 23.2 Å². The molecule has 3 aliphatic rings. The van der Waals surface area contributed by atoms with Crippen molar-refractivity contribution in [2.45, 2.75) is 44.6 Å². The molecule has 1 atom stereocenters. The van der Waals surface area contributed by atoms with Crippen LogP contribution in [0.2, 0.25) is 10.0 Å². The van der Waals surface area contributed by atoms with Gasteiger partial charge in [-0.1, -0.05) is 29.3 Å². The Balaban J connectivity index is 1.05. The van der Waals surface area contributed by atoms with E-state index in [9.17, 15) is 9.59 Å². The van der Waals surface area contributed by atoms with Crippen molar-refractivity contribution >= 4 is 46.5 Å². The van der Waals surface area contributed by atoms with Gasteiger partial charge in [-0.2, -0.15) is 0 Å². The van der Waals surface area contributed by atoms with Crippen molar-refractivity contribution in [1.82, 2.24) is 15.2 Å². The molecule has 2 aromatic carbocycles. The summed E-state index contributed by atoms with van der Waals surface area (Å²) in [5.74, 6) is 0.0813. The van der Waals surface area contributed by atoms with Crippen LogP contribution in [0.4, 0.5) is 16.2 Å². The van der Waals surface area contributed by atoms with E-state index in [-0.39, 0.29) is 18.0 Å². The molecule has 0 radical (unpaired) electrons. The largest absolute Gasteiger partial charge is 0.371 e. The van der Waals surface area contributed by atoms with E-state index < -0.39 is 0 Å². The number of fused-ring (bicyclic) bond motifs is 1. The van der Waals surface area contributed by atoms with Crippen LogP contribution in [0.3, 0.4) is 0 Å². The van der Waals surface area contributed by atoms with E-state index >= 15 is 0 Å². The maximum absolute atomic E-state index is 13.5. The Kier molecular flexibility index (Phi) is 7.60. The molecule has 0 bridgehead atoms. The van der Waals surface area contributed by atoms with E-state index in [1.54, 1.807) is 18.2 Å². The number of amides is 3. The third-order valence-electron chi connectivity index (χ3n) is 8.92.